The molecule has 1 saturated heterocycles. The molecule has 1 aliphatic rings. The summed E-state index contributed by atoms with van der Waals surface area (Å²) in [7, 11) is 0. The molecular formula is C21H22N4O. The number of carbonyl (C=O) groups is 1. The zero-order chi connectivity index (χ0) is 17.8. The number of hydrogen-bond donors (Lipinski definition) is 0. The normalized spacial score (nSPS) is 15.2. The van der Waals surface area contributed by atoms with Gasteiger partial charge in [0, 0.05) is 25.5 Å². The van der Waals surface area contributed by atoms with Crippen LogP contribution in [-0.4, -0.2) is 38.7 Å². The van der Waals surface area contributed by atoms with Crippen LogP contribution in [0.25, 0.3) is 5.82 Å². The number of likely N-dealkylation sites (tertiary alicyclic amines) is 1. The standard InChI is InChI=1S/C21H22N4O/c26-21(19-8-4-9-20(23-19)25-13-5-12-22-25)24-14-10-18(11-15-24)16-17-6-2-1-3-7-17/h1-9,12-13,18H,10-11,14-16H2. The number of aromatic nitrogens is 3. The van der Waals surface area contributed by atoms with Crippen molar-refractivity contribution in [3.8, 4) is 5.82 Å². The molecule has 4 rings (SSSR count). The van der Waals surface area contributed by atoms with Gasteiger partial charge in [0.1, 0.15) is 5.69 Å². The Morgan fingerprint density at radius 1 is 1.00 bits per heavy atom. The minimum absolute atomic E-state index is 0.0113. The third-order valence-corrected chi connectivity index (χ3v) is 4.96. The van der Waals surface area contributed by atoms with E-state index >= 15 is 0 Å². The van der Waals surface area contributed by atoms with Crippen molar-refractivity contribution in [2.24, 2.45) is 5.92 Å². The largest absolute Gasteiger partial charge is 0.337 e. The molecule has 1 aliphatic heterocycles. The van der Waals surface area contributed by atoms with Gasteiger partial charge in [-0.15, -0.1) is 0 Å². The lowest BCUT2D eigenvalue weighted by atomic mass is 9.90. The van der Waals surface area contributed by atoms with Crippen molar-refractivity contribution in [1.29, 1.82) is 0 Å². The van der Waals surface area contributed by atoms with Crippen LogP contribution in [0, 0.1) is 5.92 Å². The van der Waals surface area contributed by atoms with Crippen LogP contribution in [0.3, 0.4) is 0 Å². The Morgan fingerprint density at radius 3 is 2.54 bits per heavy atom. The van der Waals surface area contributed by atoms with E-state index < -0.39 is 0 Å². The minimum atomic E-state index is 0.0113. The average Bonchev–Trinajstić information content (AvgIpc) is 3.24. The van der Waals surface area contributed by atoms with Crippen molar-refractivity contribution in [2.75, 3.05) is 13.1 Å². The van der Waals surface area contributed by atoms with E-state index in [4.69, 9.17) is 0 Å². The molecule has 0 atom stereocenters. The zero-order valence-electron chi connectivity index (χ0n) is 14.7. The highest BCUT2D eigenvalue weighted by atomic mass is 16.2. The number of piperidine rings is 1. The van der Waals surface area contributed by atoms with Crippen molar-refractivity contribution in [3.05, 3.63) is 78.2 Å². The van der Waals surface area contributed by atoms with Crippen LogP contribution >= 0.6 is 0 Å². The summed E-state index contributed by atoms with van der Waals surface area (Å²) in [6.07, 6.45) is 6.70. The monoisotopic (exact) mass is 346 g/mol. The maximum Gasteiger partial charge on any atom is 0.272 e. The summed E-state index contributed by atoms with van der Waals surface area (Å²) in [4.78, 5) is 19.2. The third-order valence-electron chi connectivity index (χ3n) is 4.96. The summed E-state index contributed by atoms with van der Waals surface area (Å²) in [6.45, 7) is 1.59. The fourth-order valence-electron chi connectivity index (χ4n) is 3.52. The van der Waals surface area contributed by atoms with Crippen LogP contribution in [0.15, 0.2) is 67.0 Å². The summed E-state index contributed by atoms with van der Waals surface area (Å²) < 4.78 is 1.67. The number of hydrogen-bond acceptors (Lipinski definition) is 3. The summed E-state index contributed by atoms with van der Waals surface area (Å²) in [5, 5.41) is 4.18. The smallest absolute Gasteiger partial charge is 0.272 e. The van der Waals surface area contributed by atoms with Gasteiger partial charge in [-0.1, -0.05) is 36.4 Å². The van der Waals surface area contributed by atoms with E-state index in [-0.39, 0.29) is 5.91 Å². The molecule has 0 bridgehead atoms. The maximum atomic E-state index is 12.8. The third kappa shape index (κ3) is 3.67. The number of carbonyl (C=O) groups excluding carboxylic acids is 1. The van der Waals surface area contributed by atoms with Gasteiger partial charge in [-0.25, -0.2) is 9.67 Å². The Bertz CT molecular complexity index is 853. The molecule has 0 aliphatic carbocycles. The lowest BCUT2D eigenvalue weighted by molar-refractivity contribution is 0.0684. The van der Waals surface area contributed by atoms with E-state index in [1.165, 1.54) is 5.56 Å². The second-order valence-corrected chi connectivity index (χ2v) is 6.76. The van der Waals surface area contributed by atoms with Gasteiger partial charge in [0.2, 0.25) is 0 Å². The van der Waals surface area contributed by atoms with Crippen molar-refractivity contribution in [2.45, 2.75) is 19.3 Å². The summed E-state index contributed by atoms with van der Waals surface area (Å²) in [6, 6.07) is 17.9. The van der Waals surface area contributed by atoms with E-state index in [9.17, 15) is 4.79 Å². The molecule has 1 aromatic carbocycles. The highest BCUT2D eigenvalue weighted by Gasteiger charge is 2.24. The Labute approximate surface area is 153 Å². The van der Waals surface area contributed by atoms with Crippen molar-refractivity contribution in [1.82, 2.24) is 19.7 Å². The number of nitrogens with zero attached hydrogens (tertiary/aromatic N) is 4. The Balaban J connectivity index is 1.39. The predicted molar refractivity (Wildman–Crippen MR) is 100 cm³/mol. The second-order valence-electron chi connectivity index (χ2n) is 6.76. The fraction of sp³-hybridized carbons (Fsp3) is 0.286. The molecule has 0 radical (unpaired) electrons. The Kier molecular flexibility index (Phi) is 4.78. The van der Waals surface area contributed by atoms with E-state index in [1.54, 1.807) is 16.9 Å². The molecule has 0 N–H and O–H groups in total. The summed E-state index contributed by atoms with van der Waals surface area (Å²) in [5.74, 6) is 1.32. The number of pyridine rings is 1. The second kappa shape index (κ2) is 7.52. The zero-order valence-corrected chi connectivity index (χ0v) is 14.7. The molecule has 1 fully saturated rings. The topological polar surface area (TPSA) is 51.0 Å². The van der Waals surface area contributed by atoms with Crippen molar-refractivity contribution < 1.29 is 4.79 Å². The molecular weight excluding hydrogens is 324 g/mol. The summed E-state index contributed by atoms with van der Waals surface area (Å²) >= 11 is 0. The summed E-state index contributed by atoms with van der Waals surface area (Å²) in [5.41, 5.74) is 1.87. The molecule has 5 nitrogen and oxygen atoms in total. The SMILES string of the molecule is O=C(c1cccc(-n2cccn2)n1)N1CCC(Cc2ccccc2)CC1. The fourth-order valence-corrected chi connectivity index (χ4v) is 3.52. The van der Waals surface area contributed by atoms with Gasteiger partial charge in [-0.05, 0) is 48.9 Å². The molecule has 0 unspecified atom stereocenters. The van der Waals surface area contributed by atoms with Gasteiger partial charge in [0.15, 0.2) is 5.82 Å². The first kappa shape index (κ1) is 16.5. The molecule has 26 heavy (non-hydrogen) atoms. The van der Waals surface area contributed by atoms with E-state index in [1.807, 2.05) is 29.3 Å². The van der Waals surface area contributed by atoms with E-state index in [0.717, 1.165) is 32.4 Å². The van der Waals surface area contributed by atoms with Crippen LogP contribution in [0.4, 0.5) is 0 Å². The van der Waals surface area contributed by atoms with Crippen molar-refractivity contribution >= 4 is 5.91 Å². The maximum absolute atomic E-state index is 12.8. The lowest BCUT2D eigenvalue weighted by Crippen LogP contribution is -2.39. The Morgan fingerprint density at radius 2 is 1.81 bits per heavy atom. The van der Waals surface area contributed by atoms with Gasteiger partial charge in [-0.3, -0.25) is 4.79 Å². The first-order valence-corrected chi connectivity index (χ1v) is 9.10. The van der Waals surface area contributed by atoms with Gasteiger partial charge < -0.3 is 4.90 Å². The van der Waals surface area contributed by atoms with Crippen molar-refractivity contribution in [3.63, 3.8) is 0 Å². The quantitative estimate of drug-likeness (QED) is 0.728. The van der Waals surface area contributed by atoms with Crippen LogP contribution in [0.1, 0.15) is 28.9 Å². The van der Waals surface area contributed by atoms with Crippen LogP contribution in [-0.2, 0) is 6.42 Å². The molecule has 3 heterocycles. The molecule has 2 aromatic heterocycles. The average molecular weight is 346 g/mol. The molecule has 1 amide bonds. The molecule has 0 saturated carbocycles. The number of amides is 1. The lowest BCUT2D eigenvalue weighted by Gasteiger charge is -2.32. The van der Waals surface area contributed by atoms with Crippen LogP contribution < -0.4 is 0 Å². The van der Waals surface area contributed by atoms with Gasteiger partial charge in [0.25, 0.3) is 5.91 Å². The highest BCUT2D eigenvalue weighted by molar-refractivity contribution is 5.92. The van der Waals surface area contributed by atoms with Gasteiger partial charge in [0.05, 0.1) is 0 Å². The number of benzene rings is 1. The van der Waals surface area contributed by atoms with Gasteiger partial charge >= 0.3 is 0 Å². The van der Waals surface area contributed by atoms with E-state index in [2.05, 4.69) is 40.4 Å². The predicted octanol–water partition coefficient (Wildman–Crippen LogP) is 3.36. The van der Waals surface area contributed by atoms with Gasteiger partial charge in [-0.2, -0.15) is 5.10 Å². The minimum Gasteiger partial charge on any atom is -0.337 e. The van der Waals surface area contributed by atoms with Crippen LogP contribution in [0.2, 0.25) is 0 Å². The van der Waals surface area contributed by atoms with E-state index in [0.29, 0.717) is 17.4 Å². The molecule has 132 valence electrons. The highest BCUT2D eigenvalue weighted by Crippen LogP contribution is 2.22. The Hall–Kier alpha value is -2.95. The first-order valence-electron chi connectivity index (χ1n) is 9.10. The van der Waals surface area contributed by atoms with Crippen LogP contribution in [0.5, 0.6) is 0 Å². The molecule has 5 heteroatoms. The molecule has 3 aromatic rings. The molecule has 0 spiro atoms. The first-order chi connectivity index (χ1) is 12.8. The number of rotatable bonds is 4.